The van der Waals surface area contributed by atoms with Gasteiger partial charge in [0.1, 0.15) is 5.82 Å². The quantitative estimate of drug-likeness (QED) is 0.430. The minimum absolute atomic E-state index is 0.168. The Bertz CT molecular complexity index is 1220. The highest BCUT2D eigenvalue weighted by Gasteiger charge is 2.17. The summed E-state index contributed by atoms with van der Waals surface area (Å²) in [6.45, 7) is 3.12. The summed E-state index contributed by atoms with van der Waals surface area (Å²) in [6.07, 6.45) is 8.04. The van der Waals surface area contributed by atoms with Crippen molar-refractivity contribution >= 4 is 16.6 Å². The zero-order valence-corrected chi connectivity index (χ0v) is 17.6. The number of anilines is 1. The Morgan fingerprint density at radius 2 is 1.88 bits per heavy atom. The highest BCUT2D eigenvalue weighted by atomic mass is 19.1. The molecule has 1 saturated heterocycles. The van der Waals surface area contributed by atoms with Crippen LogP contribution in [0.4, 0.5) is 10.1 Å². The molecule has 0 aliphatic carbocycles. The van der Waals surface area contributed by atoms with E-state index in [1.54, 1.807) is 6.20 Å². The number of nitrogens with zero attached hydrogens (tertiary/aromatic N) is 4. The lowest BCUT2D eigenvalue weighted by atomic mass is 10.0. The molecule has 0 saturated carbocycles. The fraction of sp³-hybridized carbons (Fsp3) is 0.292. The molecule has 164 valence electrons. The minimum Gasteiger partial charge on any atom is -0.393 e. The van der Waals surface area contributed by atoms with Crippen molar-refractivity contribution in [2.24, 2.45) is 0 Å². The number of nitrogens with one attached hydrogen (secondary N) is 2. The lowest BCUT2D eigenvalue weighted by molar-refractivity contribution is 0.0792. The Kier molecular flexibility index (Phi) is 5.79. The van der Waals surface area contributed by atoms with Crippen LogP contribution in [0.5, 0.6) is 0 Å². The standard InChI is InChI=1S/C24H25FN6O/c25-19-9-20(13-27-12-19)28-14-24-22-8-17(1-2-23(22)29-30-24)18-7-16(10-26-11-18)15-31-5-3-21(32)4-6-31/h1-2,7-13,21,28,32H,3-6,14-15H2,(H,29,30). The molecule has 0 spiro atoms. The number of piperidine rings is 1. The molecule has 32 heavy (non-hydrogen) atoms. The first-order chi connectivity index (χ1) is 15.6. The normalized spacial score (nSPS) is 15.3. The maximum Gasteiger partial charge on any atom is 0.143 e. The van der Waals surface area contributed by atoms with Crippen LogP contribution in [0.25, 0.3) is 22.0 Å². The molecule has 8 heteroatoms. The minimum atomic E-state index is -0.375. The van der Waals surface area contributed by atoms with Gasteiger partial charge in [-0.05, 0) is 42.2 Å². The topological polar surface area (TPSA) is 90.0 Å². The molecule has 4 heterocycles. The van der Waals surface area contributed by atoms with Gasteiger partial charge >= 0.3 is 0 Å². The van der Waals surface area contributed by atoms with Gasteiger partial charge in [-0.1, -0.05) is 6.07 Å². The van der Waals surface area contributed by atoms with Crippen molar-refractivity contribution in [2.45, 2.75) is 32.0 Å². The largest absolute Gasteiger partial charge is 0.393 e. The number of pyridine rings is 2. The SMILES string of the molecule is OC1CCN(Cc2cncc(-c3ccc4n[nH]c(CNc5cncc(F)c5)c4c3)c2)CC1. The van der Waals surface area contributed by atoms with E-state index in [1.165, 1.54) is 12.3 Å². The summed E-state index contributed by atoms with van der Waals surface area (Å²) < 4.78 is 13.4. The smallest absolute Gasteiger partial charge is 0.143 e. The van der Waals surface area contributed by atoms with Gasteiger partial charge in [0.05, 0.1) is 41.9 Å². The number of benzene rings is 1. The third-order valence-corrected chi connectivity index (χ3v) is 5.90. The number of H-pyrrole nitrogens is 1. The van der Waals surface area contributed by atoms with Crippen LogP contribution in [0, 0.1) is 5.82 Å². The maximum atomic E-state index is 13.4. The zero-order valence-electron chi connectivity index (χ0n) is 17.6. The van der Waals surface area contributed by atoms with Crippen molar-refractivity contribution in [2.75, 3.05) is 18.4 Å². The lowest BCUT2D eigenvalue weighted by Gasteiger charge is -2.29. The third kappa shape index (κ3) is 4.61. The molecule has 1 aliphatic rings. The number of aromatic nitrogens is 4. The predicted octanol–water partition coefficient (Wildman–Crippen LogP) is 3.73. The zero-order chi connectivity index (χ0) is 21.9. The number of likely N-dealkylation sites (tertiary alicyclic amines) is 1. The Hall–Kier alpha value is -3.36. The number of halogens is 1. The van der Waals surface area contributed by atoms with Crippen LogP contribution in [-0.4, -0.2) is 49.4 Å². The Balaban J connectivity index is 1.35. The van der Waals surface area contributed by atoms with Crippen molar-refractivity contribution in [3.05, 3.63) is 72.2 Å². The molecule has 1 aromatic carbocycles. The van der Waals surface area contributed by atoms with E-state index in [9.17, 15) is 9.50 Å². The predicted molar refractivity (Wildman–Crippen MR) is 121 cm³/mol. The van der Waals surface area contributed by atoms with E-state index in [0.717, 1.165) is 65.8 Å². The summed E-state index contributed by atoms with van der Waals surface area (Å²) >= 11 is 0. The van der Waals surface area contributed by atoms with Crippen LogP contribution in [0.3, 0.4) is 0 Å². The Morgan fingerprint density at radius 1 is 1.03 bits per heavy atom. The molecule has 3 aromatic heterocycles. The first-order valence-corrected chi connectivity index (χ1v) is 10.8. The van der Waals surface area contributed by atoms with E-state index in [-0.39, 0.29) is 11.9 Å². The molecule has 7 nitrogen and oxygen atoms in total. The number of aliphatic hydroxyl groups excluding tert-OH is 1. The van der Waals surface area contributed by atoms with Crippen molar-refractivity contribution < 1.29 is 9.50 Å². The van der Waals surface area contributed by atoms with E-state index in [2.05, 4.69) is 48.6 Å². The molecule has 0 radical (unpaired) electrons. The van der Waals surface area contributed by atoms with E-state index in [1.807, 2.05) is 18.5 Å². The highest BCUT2D eigenvalue weighted by Crippen LogP contribution is 2.26. The van der Waals surface area contributed by atoms with E-state index < -0.39 is 0 Å². The molecule has 4 aromatic rings. The van der Waals surface area contributed by atoms with E-state index >= 15 is 0 Å². The first-order valence-electron chi connectivity index (χ1n) is 10.8. The van der Waals surface area contributed by atoms with Crippen molar-refractivity contribution in [3.63, 3.8) is 0 Å². The molecular formula is C24H25FN6O. The molecule has 1 fully saturated rings. The second kappa shape index (κ2) is 9.02. The number of aliphatic hydroxyl groups is 1. The van der Waals surface area contributed by atoms with Crippen LogP contribution in [0.15, 0.2) is 55.1 Å². The van der Waals surface area contributed by atoms with Gasteiger partial charge in [0.25, 0.3) is 0 Å². The number of hydrogen-bond donors (Lipinski definition) is 3. The average molecular weight is 433 g/mol. The van der Waals surface area contributed by atoms with Gasteiger partial charge in [-0.25, -0.2) is 4.39 Å². The van der Waals surface area contributed by atoms with Crippen molar-refractivity contribution in [1.82, 2.24) is 25.1 Å². The molecule has 0 atom stereocenters. The second-order valence-corrected chi connectivity index (χ2v) is 8.27. The van der Waals surface area contributed by atoms with Gasteiger partial charge in [-0.15, -0.1) is 0 Å². The van der Waals surface area contributed by atoms with Crippen LogP contribution >= 0.6 is 0 Å². The van der Waals surface area contributed by atoms with Gasteiger partial charge in [0, 0.05) is 49.0 Å². The van der Waals surface area contributed by atoms with E-state index in [0.29, 0.717) is 12.2 Å². The number of fused-ring (bicyclic) bond motifs is 1. The van der Waals surface area contributed by atoms with Crippen molar-refractivity contribution in [1.29, 1.82) is 0 Å². The first kappa shape index (κ1) is 20.5. The maximum absolute atomic E-state index is 13.4. The third-order valence-electron chi connectivity index (χ3n) is 5.90. The summed E-state index contributed by atoms with van der Waals surface area (Å²) in [7, 11) is 0. The summed E-state index contributed by atoms with van der Waals surface area (Å²) in [5, 5.41) is 21.4. The molecule has 0 unspecified atom stereocenters. The molecule has 5 rings (SSSR count). The molecular weight excluding hydrogens is 407 g/mol. The summed E-state index contributed by atoms with van der Waals surface area (Å²) in [5.41, 5.74) is 5.69. The van der Waals surface area contributed by atoms with Gasteiger partial charge in [-0.2, -0.15) is 5.10 Å². The summed E-state index contributed by atoms with van der Waals surface area (Å²) in [5.74, 6) is -0.375. The lowest BCUT2D eigenvalue weighted by Crippen LogP contribution is -2.35. The van der Waals surface area contributed by atoms with Gasteiger partial charge in [-0.3, -0.25) is 20.0 Å². The Labute approximate surface area is 185 Å². The summed E-state index contributed by atoms with van der Waals surface area (Å²) in [4.78, 5) is 10.7. The van der Waals surface area contributed by atoms with Crippen LogP contribution < -0.4 is 5.32 Å². The van der Waals surface area contributed by atoms with Crippen molar-refractivity contribution in [3.8, 4) is 11.1 Å². The fourth-order valence-electron chi connectivity index (χ4n) is 4.14. The average Bonchev–Trinajstić information content (AvgIpc) is 3.22. The van der Waals surface area contributed by atoms with Crippen LogP contribution in [0.2, 0.25) is 0 Å². The molecule has 0 amide bonds. The van der Waals surface area contributed by atoms with Gasteiger partial charge < -0.3 is 10.4 Å². The number of hydrogen-bond acceptors (Lipinski definition) is 6. The second-order valence-electron chi connectivity index (χ2n) is 8.27. The van der Waals surface area contributed by atoms with Gasteiger partial charge in [0.2, 0.25) is 0 Å². The Morgan fingerprint density at radius 3 is 2.72 bits per heavy atom. The van der Waals surface area contributed by atoms with Crippen LogP contribution in [-0.2, 0) is 13.1 Å². The van der Waals surface area contributed by atoms with E-state index in [4.69, 9.17) is 0 Å². The molecule has 0 bridgehead atoms. The van der Waals surface area contributed by atoms with Crippen LogP contribution in [0.1, 0.15) is 24.1 Å². The monoisotopic (exact) mass is 432 g/mol. The van der Waals surface area contributed by atoms with Gasteiger partial charge in [0.15, 0.2) is 0 Å². The highest BCUT2D eigenvalue weighted by molar-refractivity contribution is 5.86. The molecule has 1 aliphatic heterocycles. The number of rotatable bonds is 6. The molecule has 3 N–H and O–H groups in total. The fourth-order valence-corrected chi connectivity index (χ4v) is 4.14. The number of aromatic amines is 1. The summed E-state index contributed by atoms with van der Waals surface area (Å²) in [6, 6.07) is 9.74.